The van der Waals surface area contributed by atoms with E-state index in [9.17, 15) is 4.39 Å². The normalized spacial score (nSPS) is 11.4. The highest BCUT2D eigenvalue weighted by atomic mass is 32.2. The van der Waals surface area contributed by atoms with Crippen LogP contribution in [0.15, 0.2) is 0 Å². The monoisotopic (exact) mass is 215 g/mol. The fourth-order valence-corrected chi connectivity index (χ4v) is 0.770. The predicted octanol–water partition coefficient (Wildman–Crippen LogP) is -0.175. The van der Waals surface area contributed by atoms with Crippen molar-refractivity contribution in [2.45, 2.75) is 39.8 Å². The Morgan fingerprint density at radius 2 is 1.46 bits per heavy atom. The van der Waals surface area contributed by atoms with Gasteiger partial charge in [0, 0.05) is 0 Å². The van der Waals surface area contributed by atoms with Gasteiger partial charge in [0.05, 0.1) is 12.1 Å². The number of halogens is 1. The molecule has 0 aromatic heterocycles. The molecule has 0 heterocycles. The molecule has 0 atom stereocenters. The maximum absolute atomic E-state index is 10.6. The van der Waals surface area contributed by atoms with Crippen LogP contribution in [0.2, 0.25) is 0 Å². The third-order valence-electron chi connectivity index (χ3n) is 0.903. The molecule has 0 fully saturated rings. The highest BCUT2D eigenvalue weighted by molar-refractivity contribution is 7.85. The number of hydrogen-bond acceptors (Lipinski definition) is 3. The van der Waals surface area contributed by atoms with E-state index in [-0.39, 0.29) is 0 Å². The number of alkyl halides is 1. The van der Waals surface area contributed by atoms with E-state index < -0.39 is 16.1 Å². The summed E-state index contributed by atoms with van der Waals surface area (Å²) in [5, 5.41) is 2.33. The van der Waals surface area contributed by atoms with Gasteiger partial charge in [0.15, 0.2) is 6.01 Å². The molecule has 2 N–H and O–H groups in total. The number of rotatable bonds is 3. The molecule has 4 nitrogen and oxygen atoms in total. The Morgan fingerprint density at radius 3 is 1.46 bits per heavy atom. The average molecular weight is 215 g/mol. The minimum atomic E-state index is -4.58. The molecule has 0 aliphatic carbocycles. The molecule has 0 aliphatic heterocycles. The Balaban J connectivity index is 0. The predicted molar refractivity (Wildman–Crippen MR) is 47.9 cm³/mol. The van der Waals surface area contributed by atoms with E-state index in [4.69, 9.17) is 13.0 Å². The van der Waals surface area contributed by atoms with Gasteiger partial charge >= 0.3 is 0 Å². The Morgan fingerprint density at radius 1 is 1.23 bits per heavy atom. The molecule has 0 saturated heterocycles. The van der Waals surface area contributed by atoms with Gasteiger partial charge in [0.2, 0.25) is 0 Å². The first-order chi connectivity index (χ1) is 5.69. The van der Waals surface area contributed by atoms with Gasteiger partial charge in [-0.2, -0.15) is 0 Å². The van der Waals surface area contributed by atoms with Crippen LogP contribution < -0.4 is 5.32 Å². The zero-order chi connectivity index (χ0) is 11.1. The number of nitrogens with two attached hydrogens (primary N) is 1. The van der Waals surface area contributed by atoms with Gasteiger partial charge in [0.1, 0.15) is 10.1 Å². The lowest BCUT2D eigenvalue weighted by Gasteiger charge is -2.06. The molecule has 13 heavy (non-hydrogen) atoms. The van der Waals surface area contributed by atoms with E-state index in [1.807, 2.05) is 0 Å². The third kappa shape index (κ3) is 24.5. The molecule has 0 amide bonds. The lowest BCUT2D eigenvalue weighted by Crippen LogP contribution is -2.92. The van der Waals surface area contributed by atoms with E-state index in [1.165, 1.54) is 0 Å². The molecule has 0 saturated carbocycles. The molecule has 0 spiro atoms. The molecule has 82 valence electrons. The van der Waals surface area contributed by atoms with Crippen molar-refractivity contribution in [2.24, 2.45) is 0 Å². The zero-order valence-electron chi connectivity index (χ0n) is 8.45. The molecular formula is C7H18FNO3S. The number of quaternary nitrogens is 1. The lowest BCUT2D eigenvalue weighted by atomic mass is 10.3. The van der Waals surface area contributed by atoms with Gasteiger partial charge in [-0.15, -0.1) is 0 Å². The first-order valence-corrected chi connectivity index (χ1v) is 5.61. The Hall–Kier alpha value is -0.200. The first kappa shape index (κ1) is 15.3. The van der Waals surface area contributed by atoms with Crippen LogP contribution in [0.3, 0.4) is 0 Å². The summed E-state index contributed by atoms with van der Waals surface area (Å²) in [6, 6.07) is -0.312. The second kappa shape index (κ2) is 7.23. The van der Waals surface area contributed by atoms with Crippen molar-refractivity contribution in [1.82, 2.24) is 0 Å². The summed E-state index contributed by atoms with van der Waals surface area (Å²) < 4.78 is 37.8. The SMILES string of the molecule is CC(C)[NH2+]C(C)C.O=S(=O)([O-])CF. The van der Waals surface area contributed by atoms with E-state index in [0.717, 1.165) is 12.1 Å². The second-order valence-electron chi connectivity index (χ2n) is 3.35. The van der Waals surface area contributed by atoms with Crippen LogP contribution in [0, 0.1) is 0 Å². The quantitative estimate of drug-likeness (QED) is 0.664. The summed E-state index contributed by atoms with van der Waals surface area (Å²) in [6.45, 7) is 8.83. The van der Waals surface area contributed by atoms with Crippen LogP contribution in [-0.4, -0.2) is 31.1 Å². The van der Waals surface area contributed by atoms with Gasteiger partial charge in [-0.3, -0.25) is 0 Å². The van der Waals surface area contributed by atoms with Crippen molar-refractivity contribution in [3.05, 3.63) is 0 Å². The van der Waals surface area contributed by atoms with Crippen LogP contribution in [0.4, 0.5) is 4.39 Å². The molecule has 0 aromatic rings. The molecular weight excluding hydrogens is 197 g/mol. The van der Waals surface area contributed by atoms with Crippen LogP contribution in [-0.2, 0) is 10.1 Å². The standard InChI is InChI=1S/C6H15N.CH3FO3S/c1-5(2)7-6(3)4;2-1-6(3,4)5/h5-7H,1-4H3;1H2,(H,3,4,5). The molecule has 0 aromatic carbocycles. The average Bonchev–Trinajstić information content (AvgIpc) is 1.84. The van der Waals surface area contributed by atoms with Crippen molar-refractivity contribution in [3.63, 3.8) is 0 Å². The number of hydrogen-bond donors (Lipinski definition) is 1. The fraction of sp³-hybridized carbons (Fsp3) is 1.00. The molecule has 0 radical (unpaired) electrons. The van der Waals surface area contributed by atoms with Crippen molar-refractivity contribution in [1.29, 1.82) is 0 Å². The van der Waals surface area contributed by atoms with Gasteiger partial charge in [-0.1, -0.05) is 0 Å². The molecule has 0 aliphatic rings. The van der Waals surface area contributed by atoms with Gasteiger partial charge in [0.25, 0.3) is 0 Å². The molecule has 0 rings (SSSR count). The summed E-state index contributed by atoms with van der Waals surface area (Å²) in [4.78, 5) is 0. The van der Waals surface area contributed by atoms with Crippen LogP contribution in [0.5, 0.6) is 0 Å². The van der Waals surface area contributed by atoms with E-state index >= 15 is 0 Å². The van der Waals surface area contributed by atoms with Crippen molar-refractivity contribution in [3.8, 4) is 0 Å². The third-order valence-corrected chi connectivity index (χ3v) is 1.17. The Bertz CT molecular complexity index is 196. The minimum Gasteiger partial charge on any atom is -0.746 e. The van der Waals surface area contributed by atoms with Gasteiger partial charge in [-0.05, 0) is 27.7 Å². The Labute approximate surface area is 79.3 Å². The van der Waals surface area contributed by atoms with E-state index in [1.54, 1.807) is 0 Å². The first-order valence-electron chi connectivity index (χ1n) is 4.03. The summed E-state index contributed by atoms with van der Waals surface area (Å²) in [5.41, 5.74) is 0. The Kier molecular flexibility index (Phi) is 8.49. The van der Waals surface area contributed by atoms with Crippen molar-refractivity contribution >= 4 is 10.1 Å². The summed E-state index contributed by atoms with van der Waals surface area (Å²) in [5.74, 6) is 0. The lowest BCUT2D eigenvalue weighted by molar-refractivity contribution is -0.709. The molecule has 6 heteroatoms. The van der Waals surface area contributed by atoms with E-state index in [2.05, 4.69) is 33.0 Å². The fourth-order valence-electron chi connectivity index (χ4n) is 0.770. The van der Waals surface area contributed by atoms with E-state index in [0.29, 0.717) is 0 Å². The summed E-state index contributed by atoms with van der Waals surface area (Å²) >= 11 is 0. The summed E-state index contributed by atoms with van der Waals surface area (Å²) in [7, 11) is -4.58. The van der Waals surface area contributed by atoms with Crippen LogP contribution in [0.25, 0.3) is 0 Å². The maximum atomic E-state index is 10.6. The largest absolute Gasteiger partial charge is 0.746 e. The van der Waals surface area contributed by atoms with Gasteiger partial charge in [-0.25, -0.2) is 12.8 Å². The highest BCUT2D eigenvalue weighted by Gasteiger charge is 1.97. The minimum absolute atomic E-state index is 0.750. The summed E-state index contributed by atoms with van der Waals surface area (Å²) in [6.07, 6.45) is 0. The second-order valence-corrected chi connectivity index (χ2v) is 4.68. The van der Waals surface area contributed by atoms with Crippen molar-refractivity contribution < 1.29 is 22.7 Å². The highest BCUT2D eigenvalue weighted by Crippen LogP contribution is 1.77. The van der Waals surface area contributed by atoms with Crippen LogP contribution in [0.1, 0.15) is 27.7 Å². The molecule has 0 bridgehead atoms. The molecule has 0 unspecified atom stereocenters. The smallest absolute Gasteiger partial charge is 0.179 e. The topological polar surface area (TPSA) is 73.8 Å². The maximum Gasteiger partial charge on any atom is 0.179 e. The van der Waals surface area contributed by atoms with Crippen molar-refractivity contribution in [2.75, 3.05) is 6.01 Å². The van der Waals surface area contributed by atoms with Gasteiger partial charge < -0.3 is 9.87 Å². The zero-order valence-corrected chi connectivity index (χ0v) is 9.27. The van der Waals surface area contributed by atoms with Crippen LogP contribution >= 0.6 is 0 Å².